The summed E-state index contributed by atoms with van der Waals surface area (Å²) in [5.41, 5.74) is 8.15. The highest BCUT2D eigenvalue weighted by Gasteiger charge is 2.30. The van der Waals surface area contributed by atoms with Crippen molar-refractivity contribution < 1.29 is 19.4 Å². The van der Waals surface area contributed by atoms with E-state index in [-0.39, 0.29) is 36.0 Å². The summed E-state index contributed by atoms with van der Waals surface area (Å²) in [7, 11) is 2.19. The van der Waals surface area contributed by atoms with E-state index in [1.54, 1.807) is 0 Å². The Bertz CT molecular complexity index is 1220. The lowest BCUT2D eigenvalue weighted by Crippen LogP contribution is -2.52. The summed E-state index contributed by atoms with van der Waals surface area (Å²) >= 11 is 0. The average molecular weight is 567 g/mol. The summed E-state index contributed by atoms with van der Waals surface area (Å²) in [5, 5.41) is 12.5. The zero-order valence-electron chi connectivity index (χ0n) is 24.3. The van der Waals surface area contributed by atoms with Crippen molar-refractivity contribution in [3.05, 3.63) is 35.7 Å². The molecule has 0 unspecified atom stereocenters. The quantitative estimate of drug-likeness (QED) is 0.437. The number of carboxylic acid groups (broad SMARTS) is 1. The number of carbonyl (C=O) groups excluding carboxylic acids is 1. The van der Waals surface area contributed by atoms with Gasteiger partial charge in [0.05, 0.1) is 6.54 Å². The van der Waals surface area contributed by atoms with Crippen LogP contribution in [0.1, 0.15) is 55.2 Å². The third-order valence-corrected chi connectivity index (χ3v) is 8.38. The van der Waals surface area contributed by atoms with E-state index < -0.39 is 12.0 Å². The van der Waals surface area contributed by atoms with Gasteiger partial charge in [-0.2, -0.15) is 4.98 Å². The van der Waals surface area contributed by atoms with E-state index in [2.05, 4.69) is 49.2 Å². The lowest BCUT2D eigenvalue weighted by molar-refractivity contribution is 0.0982. The van der Waals surface area contributed by atoms with Gasteiger partial charge in [0.1, 0.15) is 11.8 Å². The molecular formula is C29H42N8O4. The Labute approximate surface area is 241 Å². The van der Waals surface area contributed by atoms with Crippen LogP contribution in [0.2, 0.25) is 0 Å². The van der Waals surface area contributed by atoms with Gasteiger partial charge >= 0.3 is 6.09 Å². The molecule has 5 rings (SSSR count). The second kappa shape index (κ2) is 12.5. The van der Waals surface area contributed by atoms with E-state index in [1.165, 1.54) is 4.90 Å². The fourth-order valence-corrected chi connectivity index (χ4v) is 5.88. The fraction of sp³-hybridized carbons (Fsp3) is 0.586. The minimum atomic E-state index is -0.972. The molecule has 222 valence electrons. The van der Waals surface area contributed by atoms with Crippen molar-refractivity contribution in [3.8, 4) is 5.88 Å². The van der Waals surface area contributed by atoms with Gasteiger partial charge in [0.25, 0.3) is 5.91 Å². The lowest BCUT2D eigenvalue weighted by atomic mass is 10.0. The Balaban J connectivity index is 1.27. The molecule has 0 aliphatic carbocycles. The second-order valence-electron chi connectivity index (χ2n) is 11.6. The van der Waals surface area contributed by atoms with Crippen LogP contribution in [0.5, 0.6) is 5.88 Å². The van der Waals surface area contributed by atoms with E-state index >= 15 is 0 Å². The summed E-state index contributed by atoms with van der Waals surface area (Å²) in [5.74, 6) is -0.275. The Kier molecular flexibility index (Phi) is 8.79. The van der Waals surface area contributed by atoms with Crippen molar-refractivity contribution in [2.75, 3.05) is 69.6 Å². The first-order chi connectivity index (χ1) is 19.7. The topological polar surface area (TPSA) is 140 Å². The first-order valence-electron chi connectivity index (χ1n) is 14.6. The van der Waals surface area contributed by atoms with Gasteiger partial charge in [0, 0.05) is 75.6 Å². The number of likely N-dealkylation sites (tertiary alicyclic amines) is 1. The Morgan fingerprint density at radius 3 is 2.27 bits per heavy atom. The van der Waals surface area contributed by atoms with Crippen molar-refractivity contribution in [1.29, 1.82) is 0 Å². The van der Waals surface area contributed by atoms with Gasteiger partial charge in [-0.1, -0.05) is 13.8 Å². The fourth-order valence-electron chi connectivity index (χ4n) is 5.88. The number of anilines is 3. The number of piperidine rings is 1. The predicted octanol–water partition coefficient (Wildman–Crippen LogP) is 2.79. The number of benzene rings is 1. The van der Waals surface area contributed by atoms with Crippen molar-refractivity contribution in [1.82, 2.24) is 24.7 Å². The normalized spacial score (nSPS) is 20.9. The molecule has 1 aromatic heterocycles. The van der Waals surface area contributed by atoms with E-state index in [4.69, 9.17) is 10.5 Å². The van der Waals surface area contributed by atoms with Crippen LogP contribution < -0.4 is 20.7 Å². The molecule has 2 amide bonds. The van der Waals surface area contributed by atoms with Gasteiger partial charge in [0.15, 0.2) is 11.5 Å². The van der Waals surface area contributed by atoms with Crippen molar-refractivity contribution in [2.24, 2.45) is 5.73 Å². The van der Waals surface area contributed by atoms with E-state index in [1.807, 2.05) is 26.0 Å². The number of nitrogens with zero attached hydrogens (tertiary/aromatic N) is 6. The Morgan fingerprint density at radius 2 is 1.68 bits per heavy atom. The zero-order valence-corrected chi connectivity index (χ0v) is 24.3. The van der Waals surface area contributed by atoms with E-state index in [0.717, 1.165) is 63.5 Å². The van der Waals surface area contributed by atoms with Gasteiger partial charge in [-0.3, -0.25) is 9.69 Å². The highest BCUT2D eigenvalue weighted by Crippen LogP contribution is 2.31. The van der Waals surface area contributed by atoms with Crippen molar-refractivity contribution in [2.45, 2.75) is 51.2 Å². The molecule has 1 atom stereocenters. The largest absolute Gasteiger partial charge is 0.471 e. The number of ether oxygens (including phenoxy) is 1. The summed E-state index contributed by atoms with van der Waals surface area (Å²) in [6.45, 7) is 11.2. The first kappa shape index (κ1) is 28.9. The standard InChI is InChI=1S/C29H42N8O4/c1-19(2)24-28(41-23-10-13-37(18-23)29(39)40)33-27(25(32-24)26(30)38)31-20-4-6-21(7-5-20)35-11-8-22(9-12-35)36-16-14-34(3)15-17-36/h4-7,19,22-23H,8-18H2,1-3H3,(H2,30,38)(H,31,33)(H,39,40)/t23-/m1/s1. The molecular weight excluding hydrogens is 524 g/mol. The molecule has 3 aliphatic rings. The number of primary amides is 1. The number of nitrogens with one attached hydrogen (secondary N) is 1. The van der Waals surface area contributed by atoms with Crippen LogP contribution in [-0.2, 0) is 0 Å². The maximum absolute atomic E-state index is 12.3. The molecule has 3 aliphatic heterocycles. The maximum Gasteiger partial charge on any atom is 0.407 e. The van der Waals surface area contributed by atoms with Crippen LogP contribution in [0.3, 0.4) is 0 Å². The highest BCUT2D eigenvalue weighted by atomic mass is 16.5. The molecule has 0 saturated carbocycles. The lowest BCUT2D eigenvalue weighted by Gasteiger charge is -2.42. The highest BCUT2D eigenvalue weighted by molar-refractivity contribution is 5.96. The third-order valence-electron chi connectivity index (χ3n) is 8.38. The minimum absolute atomic E-state index is 0.0367. The molecule has 12 heteroatoms. The molecule has 0 radical (unpaired) electrons. The number of hydrogen-bond acceptors (Lipinski definition) is 9. The molecule has 4 N–H and O–H groups in total. The SMILES string of the molecule is CC(C)c1nc(C(N)=O)c(Nc2ccc(N3CCC(N4CCN(C)CC4)CC3)cc2)nc1O[C@@H]1CCN(C(=O)O)C1. The first-order valence-corrected chi connectivity index (χ1v) is 14.6. The number of rotatable bonds is 8. The minimum Gasteiger partial charge on any atom is -0.471 e. The van der Waals surface area contributed by atoms with Gasteiger partial charge in [0.2, 0.25) is 5.88 Å². The molecule has 0 spiro atoms. The smallest absolute Gasteiger partial charge is 0.407 e. The van der Waals surface area contributed by atoms with Crippen molar-refractivity contribution in [3.63, 3.8) is 0 Å². The van der Waals surface area contributed by atoms with Gasteiger partial charge < -0.3 is 35.6 Å². The van der Waals surface area contributed by atoms with E-state index in [0.29, 0.717) is 24.7 Å². The van der Waals surface area contributed by atoms with Crippen LogP contribution in [0.15, 0.2) is 24.3 Å². The van der Waals surface area contributed by atoms with Gasteiger partial charge in [-0.05, 0) is 44.2 Å². The van der Waals surface area contributed by atoms with Crippen LogP contribution >= 0.6 is 0 Å². The molecule has 3 fully saturated rings. The molecule has 3 saturated heterocycles. The predicted molar refractivity (Wildman–Crippen MR) is 157 cm³/mol. The number of carbonyl (C=O) groups is 2. The summed E-state index contributed by atoms with van der Waals surface area (Å²) in [6.07, 6.45) is 1.57. The Morgan fingerprint density at radius 1 is 1.00 bits per heavy atom. The zero-order chi connectivity index (χ0) is 29.1. The molecule has 2 aromatic rings. The molecule has 12 nitrogen and oxygen atoms in total. The molecule has 4 heterocycles. The summed E-state index contributed by atoms with van der Waals surface area (Å²) in [6, 6.07) is 8.75. The number of amides is 2. The number of piperazine rings is 1. The van der Waals surface area contributed by atoms with Crippen LogP contribution in [0.4, 0.5) is 22.0 Å². The van der Waals surface area contributed by atoms with Crippen molar-refractivity contribution >= 4 is 29.2 Å². The average Bonchev–Trinajstić information content (AvgIpc) is 3.43. The molecule has 1 aromatic carbocycles. The molecule has 0 bridgehead atoms. The van der Waals surface area contributed by atoms with E-state index in [9.17, 15) is 14.7 Å². The third kappa shape index (κ3) is 6.82. The van der Waals surface area contributed by atoms with Gasteiger partial charge in [-0.15, -0.1) is 0 Å². The maximum atomic E-state index is 12.3. The monoisotopic (exact) mass is 566 g/mol. The van der Waals surface area contributed by atoms with Crippen LogP contribution in [0, 0.1) is 0 Å². The Hall–Kier alpha value is -3.64. The molecule has 41 heavy (non-hydrogen) atoms. The van der Waals surface area contributed by atoms with Crippen LogP contribution in [0.25, 0.3) is 0 Å². The number of likely N-dealkylation sites (N-methyl/N-ethyl adjacent to an activating group) is 1. The number of aromatic nitrogens is 2. The summed E-state index contributed by atoms with van der Waals surface area (Å²) < 4.78 is 6.13. The van der Waals surface area contributed by atoms with Crippen LogP contribution in [-0.4, -0.2) is 113 Å². The van der Waals surface area contributed by atoms with Gasteiger partial charge in [-0.25, -0.2) is 9.78 Å². The number of hydrogen-bond donors (Lipinski definition) is 3. The summed E-state index contributed by atoms with van der Waals surface area (Å²) in [4.78, 5) is 41.6. The second-order valence-corrected chi connectivity index (χ2v) is 11.6. The number of nitrogens with two attached hydrogens (primary N) is 1.